The van der Waals surface area contributed by atoms with Gasteiger partial charge in [-0.15, -0.1) is 0 Å². The lowest BCUT2D eigenvalue weighted by Crippen LogP contribution is -2.39. The number of rotatable bonds is 5. The standard InChI is InChI=1S/C20H22FN5O3/c1-20(9-27)10-28-18(29-11-20)17-25-15(12-3-5-13(21)6-4-12)16(26-17)14-7-8-23-19(22-2)24-14/h3-8,18,27H,9-11H2,1-2H3,(H,25,26)(H,22,23,24). The van der Waals surface area contributed by atoms with Crippen LogP contribution in [0.5, 0.6) is 0 Å². The van der Waals surface area contributed by atoms with Crippen molar-refractivity contribution >= 4 is 5.95 Å². The van der Waals surface area contributed by atoms with Gasteiger partial charge in [-0.25, -0.2) is 19.3 Å². The quantitative estimate of drug-likeness (QED) is 0.606. The predicted molar refractivity (Wildman–Crippen MR) is 104 cm³/mol. The second kappa shape index (κ2) is 7.86. The molecule has 1 saturated heterocycles. The van der Waals surface area contributed by atoms with Crippen LogP contribution in [-0.2, 0) is 9.47 Å². The number of H-pyrrole nitrogens is 1. The number of aliphatic hydroxyl groups is 1. The Hall–Kier alpha value is -2.88. The molecule has 2 aromatic heterocycles. The summed E-state index contributed by atoms with van der Waals surface area (Å²) in [5.41, 5.74) is 2.15. The zero-order valence-corrected chi connectivity index (χ0v) is 16.1. The Labute approximate surface area is 167 Å². The maximum absolute atomic E-state index is 13.4. The van der Waals surface area contributed by atoms with Gasteiger partial charge in [-0.05, 0) is 30.3 Å². The predicted octanol–water partition coefficient (Wildman–Crippen LogP) is 2.76. The minimum atomic E-state index is -0.701. The molecule has 0 spiro atoms. The molecule has 1 aliphatic heterocycles. The fourth-order valence-corrected chi connectivity index (χ4v) is 3.02. The molecule has 0 amide bonds. The van der Waals surface area contributed by atoms with Gasteiger partial charge >= 0.3 is 0 Å². The molecule has 1 aromatic carbocycles. The van der Waals surface area contributed by atoms with E-state index in [0.29, 0.717) is 42.1 Å². The Morgan fingerprint density at radius 2 is 1.93 bits per heavy atom. The average molecular weight is 399 g/mol. The molecule has 4 rings (SSSR count). The van der Waals surface area contributed by atoms with Gasteiger partial charge < -0.3 is 24.9 Å². The summed E-state index contributed by atoms with van der Waals surface area (Å²) in [6.07, 6.45) is 0.942. The van der Waals surface area contributed by atoms with Gasteiger partial charge in [-0.2, -0.15) is 0 Å². The summed E-state index contributed by atoms with van der Waals surface area (Å²) in [5.74, 6) is 0.615. The Bertz CT molecular complexity index is 984. The van der Waals surface area contributed by atoms with E-state index in [4.69, 9.17) is 9.47 Å². The van der Waals surface area contributed by atoms with Crippen LogP contribution >= 0.6 is 0 Å². The second-order valence-electron chi connectivity index (χ2n) is 7.29. The van der Waals surface area contributed by atoms with Gasteiger partial charge in [0.1, 0.15) is 5.82 Å². The van der Waals surface area contributed by atoms with Crippen molar-refractivity contribution in [2.24, 2.45) is 5.41 Å². The third kappa shape index (κ3) is 3.98. The van der Waals surface area contributed by atoms with E-state index in [0.717, 1.165) is 5.56 Å². The minimum absolute atomic E-state index is 0.0301. The van der Waals surface area contributed by atoms with Crippen molar-refractivity contribution in [3.8, 4) is 22.6 Å². The number of aromatic amines is 1. The van der Waals surface area contributed by atoms with Crippen molar-refractivity contribution in [3.05, 3.63) is 48.2 Å². The average Bonchev–Trinajstić information content (AvgIpc) is 3.20. The summed E-state index contributed by atoms with van der Waals surface area (Å²) >= 11 is 0. The van der Waals surface area contributed by atoms with Crippen molar-refractivity contribution in [2.75, 3.05) is 32.2 Å². The molecule has 152 valence electrons. The molecule has 3 aromatic rings. The third-order valence-corrected chi connectivity index (χ3v) is 4.75. The van der Waals surface area contributed by atoms with Gasteiger partial charge in [-0.3, -0.25) is 0 Å². The van der Waals surface area contributed by atoms with Crippen LogP contribution in [0.25, 0.3) is 22.6 Å². The highest BCUT2D eigenvalue weighted by Gasteiger charge is 2.34. The lowest BCUT2D eigenvalue weighted by atomic mass is 9.94. The molecule has 8 nitrogen and oxygen atoms in total. The van der Waals surface area contributed by atoms with Crippen molar-refractivity contribution < 1.29 is 19.0 Å². The molecule has 9 heteroatoms. The first-order valence-corrected chi connectivity index (χ1v) is 9.22. The molecule has 29 heavy (non-hydrogen) atoms. The maximum Gasteiger partial charge on any atom is 0.222 e. The normalized spacial score (nSPS) is 21.9. The van der Waals surface area contributed by atoms with Gasteiger partial charge in [0.2, 0.25) is 12.2 Å². The molecule has 1 fully saturated rings. The van der Waals surface area contributed by atoms with E-state index in [2.05, 4.69) is 25.3 Å². The molecular weight excluding hydrogens is 377 g/mol. The Kier molecular flexibility index (Phi) is 5.27. The molecule has 0 radical (unpaired) electrons. The Balaban J connectivity index is 1.74. The summed E-state index contributed by atoms with van der Waals surface area (Å²) in [6, 6.07) is 7.84. The number of halogens is 1. The molecule has 0 saturated carbocycles. The number of aliphatic hydroxyl groups excluding tert-OH is 1. The van der Waals surface area contributed by atoms with E-state index >= 15 is 0 Å². The lowest BCUT2D eigenvalue weighted by molar-refractivity contribution is -0.239. The van der Waals surface area contributed by atoms with E-state index in [1.54, 1.807) is 31.4 Å². The lowest BCUT2D eigenvalue weighted by Gasteiger charge is -2.35. The summed E-state index contributed by atoms with van der Waals surface area (Å²) in [7, 11) is 1.74. The topological polar surface area (TPSA) is 105 Å². The van der Waals surface area contributed by atoms with Gasteiger partial charge in [0.05, 0.1) is 36.9 Å². The smallest absolute Gasteiger partial charge is 0.222 e. The number of ether oxygens (including phenoxy) is 2. The molecular formula is C20H22FN5O3. The maximum atomic E-state index is 13.4. The molecule has 0 bridgehead atoms. The van der Waals surface area contributed by atoms with Crippen LogP contribution in [-0.4, -0.2) is 51.9 Å². The van der Waals surface area contributed by atoms with Crippen molar-refractivity contribution in [3.63, 3.8) is 0 Å². The zero-order chi connectivity index (χ0) is 20.4. The van der Waals surface area contributed by atoms with Crippen LogP contribution in [0.15, 0.2) is 36.5 Å². The molecule has 3 heterocycles. The number of imidazole rings is 1. The first-order valence-electron chi connectivity index (χ1n) is 9.22. The number of aromatic nitrogens is 4. The molecule has 0 unspecified atom stereocenters. The first kappa shape index (κ1) is 19.4. The van der Waals surface area contributed by atoms with Crippen molar-refractivity contribution in [1.29, 1.82) is 0 Å². The highest BCUT2D eigenvalue weighted by molar-refractivity contribution is 5.77. The van der Waals surface area contributed by atoms with Crippen molar-refractivity contribution in [1.82, 2.24) is 19.9 Å². The summed E-state index contributed by atoms with van der Waals surface area (Å²) in [5, 5.41) is 12.4. The van der Waals surface area contributed by atoms with Crippen LogP contribution in [0.2, 0.25) is 0 Å². The van der Waals surface area contributed by atoms with Crippen LogP contribution in [0.1, 0.15) is 19.0 Å². The van der Waals surface area contributed by atoms with E-state index < -0.39 is 11.7 Å². The Morgan fingerprint density at radius 1 is 1.21 bits per heavy atom. The number of hydrogen-bond donors (Lipinski definition) is 3. The van der Waals surface area contributed by atoms with Gasteiger partial charge in [0, 0.05) is 24.2 Å². The number of benzene rings is 1. The van der Waals surface area contributed by atoms with E-state index in [1.807, 2.05) is 6.92 Å². The summed E-state index contributed by atoms with van der Waals surface area (Å²) in [4.78, 5) is 16.5. The third-order valence-electron chi connectivity index (χ3n) is 4.75. The SMILES string of the molecule is CNc1nccc(-c2[nH]c(C3OCC(C)(CO)CO3)nc2-c2ccc(F)cc2)n1. The minimum Gasteiger partial charge on any atom is -0.396 e. The zero-order valence-electron chi connectivity index (χ0n) is 16.1. The molecule has 0 atom stereocenters. The number of nitrogens with one attached hydrogen (secondary N) is 2. The van der Waals surface area contributed by atoms with Crippen LogP contribution in [0.4, 0.5) is 10.3 Å². The van der Waals surface area contributed by atoms with Gasteiger partial charge in [-0.1, -0.05) is 6.92 Å². The highest BCUT2D eigenvalue weighted by atomic mass is 19.1. The highest BCUT2D eigenvalue weighted by Crippen LogP contribution is 2.35. The van der Waals surface area contributed by atoms with Crippen LogP contribution < -0.4 is 5.32 Å². The summed E-state index contributed by atoms with van der Waals surface area (Å²) in [6.45, 7) is 2.54. The number of anilines is 1. The van der Waals surface area contributed by atoms with E-state index in [-0.39, 0.29) is 12.4 Å². The summed E-state index contributed by atoms with van der Waals surface area (Å²) < 4.78 is 25.0. The van der Waals surface area contributed by atoms with E-state index in [9.17, 15) is 9.50 Å². The largest absolute Gasteiger partial charge is 0.396 e. The molecule has 3 N–H and O–H groups in total. The van der Waals surface area contributed by atoms with Crippen LogP contribution in [0, 0.1) is 11.2 Å². The molecule has 1 aliphatic rings. The fraction of sp³-hybridized carbons (Fsp3) is 0.350. The van der Waals surface area contributed by atoms with Crippen molar-refractivity contribution in [2.45, 2.75) is 13.2 Å². The van der Waals surface area contributed by atoms with E-state index in [1.165, 1.54) is 12.1 Å². The number of hydrogen-bond acceptors (Lipinski definition) is 7. The monoisotopic (exact) mass is 399 g/mol. The molecule has 0 aliphatic carbocycles. The fourth-order valence-electron chi connectivity index (χ4n) is 3.02. The Morgan fingerprint density at radius 3 is 2.59 bits per heavy atom. The first-order chi connectivity index (χ1) is 14.0. The van der Waals surface area contributed by atoms with Gasteiger partial charge in [0.15, 0.2) is 5.82 Å². The van der Waals surface area contributed by atoms with Gasteiger partial charge in [0.25, 0.3) is 0 Å². The van der Waals surface area contributed by atoms with Crippen LogP contribution in [0.3, 0.4) is 0 Å². The number of nitrogens with zero attached hydrogens (tertiary/aromatic N) is 3. The second-order valence-corrected chi connectivity index (χ2v) is 7.29.